The number of amides is 1. The van der Waals surface area contributed by atoms with E-state index in [-0.39, 0.29) is 12.5 Å². The first-order valence-corrected chi connectivity index (χ1v) is 11.0. The Morgan fingerprint density at radius 1 is 1.36 bits per heavy atom. The van der Waals surface area contributed by atoms with Gasteiger partial charge in [-0.3, -0.25) is 9.69 Å². The van der Waals surface area contributed by atoms with Crippen LogP contribution in [0.5, 0.6) is 0 Å². The number of thiophene rings is 1. The number of likely N-dealkylation sites (N-methyl/N-ethyl adjacent to an activating group) is 1. The molecule has 1 fully saturated rings. The summed E-state index contributed by atoms with van der Waals surface area (Å²) in [7, 11) is 3.51. The highest BCUT2D eigenvalue weighted by Crippen LogP contribution is 2.13. The fraction of sp³-hybridized carbons (Fsp3) is 0.700. The lowest BCUT2D eigenvalue weighted by Gasteiger charge is -2.26. The molecular weight excluding hydrogens is 374 g/mol. The average molecular weight is 410 g/mol. The Labute approximate surface area is 173 Å². The molecule has 2 heterocycles. The van der Waals surface area contributed by atoms with Crippen molar-refractivity contribution in [3.05, 3.63) is 22.4 Å². The van der Waals surface area contributed by atoms with Crippen molar-refractivity contribution in [1.82, 2.24) is 20.4 Å². The summed E-state index contributed by atoms with van der Waals surface area (Å²) < 4.78 is 5.39. The lowest BCUT2D eigenvalue weighted by atomic mass is 10.1. The molecule has 1 aromatic heterocycles. The van der Waals surface area contributed by atoms with Crippen LogP contribution < -0.4 is 10.6 Å². The SMILES string of the molecule is CC(CNC(=NCC(=O)N(C)C)NCCCN1CCOCC1)Cc1cccs1. The highest BCUT2D eigenvalue weighted by atomic mass is 32.1. The number of morpholine rings is 1. The van der Waals surface area contributed by atoms with Gasteiger partial charge >= 0.3 is 0 Å². The maximum absolute atomic E-state index is 11.9. The van der Waals surface area contributed by atoms with Gasteiger partial charge in [0.2, 0.25) is 5.91 Å². The molecule has 0 aliphatic carbocycles. The van der Waals surface area contributed by atoms with Gasteiger partial charge in [0.1, 0.15) is 6.54 Å². The van der Waals surface area contributed by atoms with E-state index in [4.69, 9.17) is 4.74 Å². The van der Waals surface area contributed by atoms with E-state index in [0.29, 0.717) is 5.92 Å². The summed E-state index contributed by atoms with van der Waals surface area (Å²) in [6, 6.07) is 4.27. The number of guanidine groups is 1. The smallest absolute Gasteiger partial charge is 0.243 e. The molecule has 1 amide bonds. The van der Waals surface area contributed by atoms with Crippen LogP contribution in [0.2, 0.25) is 0 Å². The van der Waals surface area contributed by atoms with E-state index in [2.05, 4.69) is 45.0 Å². The van der Waals surface area contributed by atoms with Gasteiger partial charge in [-0.2, -0.15) is 0 Å². The molecule has 1 aromatic rings. The molecule has 2 rings (SSSR count). The zero-order valence-corrected chi connectivity index (χ0v) is 18.3. The summed E-state index contributed by atoms with van der Waals surface area (Å²) >= 11 is 1.80. The van der Waals surface area contributed by atoms with Gasteiger partial charge in [0, 0.05) is 45.2 Å². The van der Waals surface area contributed by atoms with Crippen molar-refractivity contribution in [3.8, 4) is 0 Å². The molecule has 0 aromatic carbocycles. The Hall–Kier alpha value is -1.64. The summed E-state index contributed by atoms with van der Waals surface area (Å²) in [6.45, 7) is 8.77. The molecule has 0 saturated carbocycles. The second-order valence-electron chi connectivity index (χ2n) is 7.46. The van der Waals surface area contributed by atoms with Gasteiger partial charge in [-0.1, -0.05) is 13.0 Å². The number of hydrogen-bond acceptors (Lipinski definition) is 5. The van der Waals surface area contributed by atoms with E-state index in [1.165, 1.54) is 4.88 Å². The summed E-state index contributed by atoms with van der Waals surface area (Å²) in [4.78, 5) is 21.7. The Morgan fingerprint density at radius 2 is 2.14 bits per heavy atom. The first-order chi connectivity index (χ1) is 13.5. The van der Waals surface area contributed by atoms with Crippen LogP contribution >= 0.6 is 11.3 Å². The molecule has 28 heavy (non-hydrogen) atoms. The van der Waals surface area contributed by atoms with Crippen LogP contribution in [0.4, 0.5) is 0 Å². The minimum Gasteiger partial charge on any atom is -0.379 e. The Bertz CT molecular complexity index is 585. The zero-order valence-electron chi connectivity index (χ0n) is 17.4. The quantitative estimate of drug-likeness (QED) is 0.346. The maximum Gasteiger partial charge on any atom is 0.243 e. The first kappa shape index (κ1) is 22.6. The second kappa shape index (κ2) is 12.7. The van der Waals surface area contributed by atoms with E-state index in [1.54, 1.807) is 30.3 Å². The number of carbonyl (C=O) groups excluding carboxylic acids is 1. The zero-order chi connectivity index (χ0) is 20.2. The van der Waals surface area contributed by atoms with Crippen molar-refractivity contribution in [3.63, 3.8) is 0 Å². The molecule has 0 radical (unpaired) electrons. The van der Waals surface area contributed by atoms with E-state index in [0.717, 1.165) is 64.7 Å². The predicted octanol–water partition coefficient (Wildman–Crippen LogP) is 1.27. The van der Waals surface area contributed by atoms with Crippen molar-refractivity contribution in [2.75, 3.05) is 66.6 Å². The molecule has 1 aliphatic heterocycles. The minimum absolute atomic E-state index is 0.000973. The number of rotatable bonds is 10. The van der Waals surface area contributed by atoms with Crippen molar-refractivity contribution < 1.29 is 9.53 Å². The highest BCUT2D eigenvalue weighted by molar-refractivity contribution is 7.09. The van der Waals surface area contributed by atoms with E-state index in [1.807, 2.05) is 0 Å². The maximum atomic E-state index is 11.9. The molecule has 0 bridgehead atoms. The summed E-state index contributed by atoms with van der Waals surface area (Å²) in [5.74, 6) is 1.21. The van der Waals surface area contributed by atoms with Crippen LogP contribution in [0.25, 0.3) is 0 Å². The Kier molecular flexibility index (Phi) is 10.3. The van der Waals surface area contributed by atoms with Crippen molar-refractivity contribution in [1.29, 1.82) is 0 Å². The largest absolute Gasteiger partial charge is 0.379 e. The minimum atomic E-state index is 0.000973. The van der Waals surface area contributed by atoms with Crippen LogP contribution in [0.3, 0.4) is 0 Å². The number of hydrogen-bond donors (Lipinski definition) is 2. The van der Waals surface area contributed by atoms with E-state index < -0.39 is 0 Å². The number of nitrogens with one attached hydrogen (secondary N) is 2. The molecule has 8 heteroatoms. The van der Waals surface area contributed by atoms with Gasteiger partial charge in [0.25, 0.3) is 0 Å². The van der Waals surface area contributed by atoms with Crippen molar-refractivity contribution >= 4 is 23.2 Å². The first-order valence-electron chi connectivity index (χ1n) is 10.1. The number of nitrogens with zero attached hydrogens (tertiary/aromatic N) is 3. The molecular formula is C20H35N5O2S. The van der Waals surface area contributed by atoms with Gasteiger partial charge in [-0.05, 0) is 36.8 Å². The van der Waals surface area contributed by atoms with Gasteiger partial charge < -0.3 is 20.3 Å². The molecule has 1 unspecified atom stereocenters. The van der Waals surface area contributed by atoms with Crippen LogP contribution in [0.1, 0.15) is 18.2 Å². The predicted molar refractivity (Wildman–Crippen MR) is 116 cm³/mol. The van der Waals surface area contributed by atoms with Gasteiger partial charge in [-0.15, -0.1) is 11.3 Å². The Balaban J connectivity index is 1.76. The second-order valence-corrected chi connectivity index (χ2v) is 8.49. The average Bonchev–Trinajstić information content (AvgIpc) is 3.20. The van der Waals surface area contributed by atoms with Crippen LogP contribution in [-0.4, -0.2) is 88.2 Å². The number of aliphatic imine (C=N–C) groups is 1. The summed E-state index contributed by atoms with van der Waals surface area (Å²) in [6.07, 6.45) is 2.08. The van der Waals surface area contributed by atoms with Crippen LogP contribution in [-0.2, 0) is 16.0 Å². The molecule has 1 atom stereocenters. The van der Waals surface area contributed by atoms with Crippen molar-refractivity contribution in [2.24, 2.45) is 10.9 Å². The monoisotopic (exact) mass is 409 g/mol. The Morgan fingerprint density at radius 3 is 2.82 bits per heavy atom. The normalized spacial score (nSPS) is 16.6. The summed E-state index contributed by atoms with van der Waals surface area (Å²) in [5, 5.41) is 8.90. The van der Waals surface area contributed by atoms with Crippen molar-refractivity contribution in [2.45, 2.75) is 19.8 Å². The molecule has 1 saturated heterocycles. The standard InChI is InChI=1S/C20H35N5O2S/c1-17(14-18-6-4-13-28-18)15-22-20(23-16-19(26)24(2)3)21-7-5-8-25-9-11-27-12-10-25/h4,6,13,17H,5,7-12,14-16H2,1-3H3,(H2,21,22,23). The third-order valence-corrected chi connectivity index (χ3v) is 5.56. The summed E-state index contributed by atoms with van der Waals surface area (Å²) in [5.41, 5.74) is 0. The topological polar surface area (TPSA) is 69.2 Å². The number of carbonyl (C=O) groups is 1. The third kappa shape index (κ3) is 9.03. The van der Waals surface area contributed by atoms with Gasteiger partial charge in [0.05, 0.1) is 13.2 Å². The molecule has 2 N–H and O–H groups in total. The van der Waals surface area contributed by atoms with E-state index >= 15 is 0 Å². The van der Waals surface area contributed by atoms with Gasteiger partial charge in [-0.25, -0.2) is 4.99 Å². The number of ether oxygens (including phenoxy) is 1. The van der Waals surface area contributed by atoms with Gasteiger partial charge in [0.15, 0.2) is 5.96 Å². The fourth-order valence-electron chi connectivity index (χ4n) is 2.91. The lowest BCUT2D eigenvalue weighted by Crippen LogP contribution is -2.42. The third-order valence-electron chi connectivity index (χ3n) is 4.67. The molecule has 158 valence electrons. The molecule has 7 nitrogen and oxygen atoms in total. The molecule has 1 aliphatic rings. The van der Waals surface area contributed by atoms with Crippen LogP contribution in [0, 0.1) is 5.92 Å². The highest BCUT2D eigenvalue weighted by Gasteiger charge is 2.11. The van der Waals surface area contributed by atoms with E-state index in [9.17, 15) is 4.79 Å². The molecule has 0 spiro atoms. The fourth-order valence-corrected chi connectivity index (χ4v) is 3.78. The lowest BCUT2D eigenvalue weighted by molar-refractivity contribution is -0.127. The van der Waals surface area contributed by atoms with Crippen LogP contribution in [0.15, 0.2) is 22.5 Å².